The maximum absolute atomic E-state index is 13.4. The molecule has 1 aliphatic carbocycles. The van der Waals surface area contributed by atoms with Crippen LogP contribution in [0.2, 0.25) is 0 Å². The van der Waals surface area contributed by atoms with Crippen LogP contribution in [0.1, 0.15) is 49.4 Å². The number of hydrogen-bond donors (Lipinski definition) is 1. The summed E-state index contributed by atoms with van der Waals surface area (Å²) in [5, 5.41) is 3.06. The van der Waals surface area contributed by atoms with E-state index in [1.807, 2.05) is 0 Å². The van der Waals surface area contributed by atoms with Crippen molar-refractivity contribution in [3.8, 4) is 0 Å². The summed E-state index contributed by atoms with van der Waals surface area (Å²) in [5.41, 5.74) is 0.372. The van der Waals surface area contributed by atoms with Crippen LogP contribution in [0.3, 0.4) is 0 Å². The van der Waals surface area contributed by atoms with Crippen LogP contribution in [-0.2, 0) is 0 Å². The first-order valence-electron chi connectivity index (χ1n) is 6.84. The Labute approximate surface area is 121 Å². The van der Waals surface area contributed by atoms with E-state index in [-0.39, 0.29) is 16.4 Å². The molecule has 0 bridgehead atoms. The van der Waals surface area contributed by atoms with E-state index >= 15 is 0 Å². The molecule has 1 aliphatic rings. The number of rotatable bonds is 2. The zero-order valence-corrected chi connectivity index (χ0v) is 12.7. The fourth-order valence-electron chi connectivity index (χ4n) is 2.63. The third-order valence-corrected chi connectivity index (χ3v) is 4.68. The molecule has 2 nitrogen and oxygen atoms in total. The van der Waals surface area contributed by atoms with E-state index in [1.54, 1.807) is 12.1 Å². The molecule has 19 heavy (non-hydrogen) atoms. The minimum absolute atomic E-state index is 0.190. The molecule has 1 saturated carbocycles. The Morgan fingerprint density at radius 1 is 1.32 bits per heavy atom. The second-order valence-corrected chi connectivity index (χ2v) is 6.09. The summed E-state index contributed by atoms with van der Waals surface area (Å²) in [6.07, 6.45) is 5.78. The van der Waals surface area contributed by atoms with Gasteiger partial charge in [-0.3, -0.25) is 4.79 Å². The van der Waals surface area contributed by atoms with Crippen LogP contribution in [0.5, 0.6) is 0 Å². The van der Waals surface area contributed by atoms with Crippen LogP contribution in [0.15, 0.2) is 22.7 Å². The average Bonchev–Trinajstić information content (AvgIpc) is 2.58. The van der Waals surface area contributed by atoms with Gasteiger partial charge in [0.1, 0.15) is 5.82 Å². The Hall–Kier alpha value is -0.900. The number of carbonyl (C=O) groups is 1. The molecular weight excluding hydrogens is 309 g/mol. The van der Waals surface area contributed by atoms with Crippen molar-refractivity contribution in [3.05, 3.63) is 34.1 Å². The van der Waals surface area contributed by atoms with Crippen LogP contribution in [0.4, 0.5) is 4.39 Å². The fourth-order valence-corrected chi connectivity index (χ4v) is 3.08. The van der Waals surface area contributed by atoms with E-state index in [9.17, 15) is 9.18 Å². The predicted molar refractivity (Wildman–Crippen MR) is 77.6 cm³/mol. The third kappa shape index (κ3) is 3.56. The predicted octanol–water partition coefficient (Wildman–Crippen LogP) is 4.29. The largest absolute Gasteiger partial charge is 0.349 e. The zero-order valence-electron chi connectivity index (χ0n) is 11.1. The van der Waals surface area contributed by atoms with Gasteiger partial charge < -0.3 is 5.32 Å². The highest BCUT2D eigenvalue weighted by molar-refractivity contribution is 9.10. The second kappa shape index (κ2) is 6.51. The summed E-state index contributed by atoms with van der Waals surface area (Å²) in [6, 6.07) is 4.75. The van der Waals surface area contributed by atoms with Gasteiger partial charge in [0.15, 0.2) is 0 Å². The standard InChI is InChI=1S/C15H19BrFNO/c1-10-6-3-2-4-9-13(10)18-15(19)11-7-5-8-12(17)14(11)16/h5,7-8,10,13H,2-4,6,9H2,1H3,(H,18,19). The maximum Gasteiger partial charge on any atom is 0.252 e. The van der Waals surface area contributed by atoms with Crippen molar-refractivity contribution in [2.45, 2.75) is 45.1 Å². The molecule has 4 heteroatoms. The van der Waals surface area contributed by atoms with Crippen molar-refractivity contribution in [2.75, 3.05) is 0 Å². The van der Waals surface area contributed by atoms with Gasteiger partial charge in [-0.25, -0.2) is 4.39 Å². The van der Waals surface area contributed by atoms with Gasteiger partial charge in [0.2, 0.25) is 0 Å². The maximum atomic E-state index is 13.4. The fraction of sp³-hybridized carbons (Fsp3) is 0.533. The number of halogens is 2. The highest BCUT2D eigenvalue weighted by Gasteiger charge is 2.23. The Balaban J connectivity index is 2.09. The van der Waals surface area contributed by atoms with E-state index in [2.05, 4.69) is 28.2 Å². The first-order valence-corrected chi connectivity index (χ1v) is 7.63. The van der Waals surface area contributed by atoms with Crippen molar-refractivity contribution < 1.29 is 9.18 Å². The molecule has 0 saturated heterocycles. The van der Waals surface area contributed by atoms with Crippen molar-refractivity contribution in [2.24, 2.45) is 5.92 Å². The smallest absolute Gasteiger partial charge is 0.252 e. The lowest BCUT2D eigenvalue weighted by molar-refractivity contribution is 0.0920. The summed E-state index contributed by atoms with van der Waals surface area (Å²) in [6.45, 7) is 2.18. The first-order chi connectivity index (χ1) is 9.09. The average molecular weight is 328 g/mol. The molecule has 2 unspecified atom stereocenters. The van der Waals surface area contributed by atoms with Gasteiger partial charge in [-0.05, 0) is 46.8 Å². The molecule has 0 aromatic heterocycles. The molecule has 104 valence electrons. The number of nitrogens with one attached hydrogen (secondary N) is 1. The normalized spacial score (nSPS) is 23.7. The lowest BCUT2D eigenvalue weighted by atomic mass is 9.96. The van der Waals surface area contributed by atoms with Gasteiger partial charge in [-0.1, -0.05) is 32.3 Å². The molecular formula is C15H19BrFNO. The molecule has 1 amide bonds. The number of carbonyl (C=O) groups excluding carboxylic acids is 1. The van der Waals surface area contributed by atoms with Gasteiger partial charge in [-0.15, -0.1) is 0 Å². The van der Waals surface area contributed by atoms with Crippen LogP contribution < -0.4 is 5.32 Å². The Bertz CT molecular complexity index is 463. The van der Waals surface area contributed by atoms with Crippen molar-refractivity contribution in [1.29, 1.82) is 0 Å². The molecule has 2 rings (SSSR count). The minimum Gasteiger partial charge on any atom is -0.349 e. The van der Waals surface area contributed by atoms with Gasteiger partial charge in [-0.2, -0.15) is 0 Å². The lowest BCUT2D eigenvalue weighted by Crippen LogP contribution is -2.39. The molecule has 1 N–H and O–H groups in total. The number of benzene rings is 1. The quantitative estimate of drug-likeness (QED) is 0.807. The van der Waals surface area contributed by atoms with Crippen molar-refractivity contribution >= 4 is 21.8 Å². The van der Waals surface area contributed by atoms with Crippen LogP contribution in [-0.4, -0.2) is 11.9 Å². The highest BCUT2D eigenvalue weighted by atomic mass is 79.9. The Kier molecular flexibility index (Phi) is 4.97. The topological polar surface area (TPSA) is 29.1 Å². The summed E-state index contributed by atoms with van der Waals surface area (Å²) in [7, 11) is 0. The number of amides is 1. The summed E-state index contributed by atoms with van der Waals surface area (Å²) in [4.78, 5) is 12.2. The van der Waals surface area contributed by atoms with Crippen LogP contribution >= 0.6 is 15.9 Å². The zero-order chi connectivity index (χ0) is 13.8. The molecule has 0 heterocycles. The Morgan fingerprint density at radius 2 is 2.05 bits per heavy atom. The molecule has 0 spiro atoms. The molecule has 0 aliphatic heterocycles. The first kappa shape index (κ1) is 14.5. The number of hydrogen-bond acceptors (Lipinski definition) is 1. The summed E-state index contributed by atoms with van der Waals surface area (Å²) >= 11 is 3.14. The van der Waals surface area contributed by atoms with Gasteiger partial charge in [0, 0.05) is 6.04 Å². The van der Waals surface area contributed by atoms with E-state index in [1.165, 1.54) is 18.9 Å². The van der Waals surface area contributed by atoms with E-state index < -0.39 is 5.82 Å². The van der Waals surface area contributed by atoms with E-state index in [0.717, 1.165) is 19.3 Å². The van der Waals surface area contributed by atoms with E-state index in [0.29, 0.717) is 11.5 Å². The monoisotopic (exact) mass is 327 g/mol. The van der Waals surface area contributed by atoms with Crippen LogP contribution in [0.25, 0.3) is 0 Å². The van der Waals surface area contributed by atoms with Gasteiger partial charge in [0.05, 0.1) is 10.0 Å². The Morgan fingerprint density at radius 3 is 2.84 bits per heavy atom. The minimum atomic E-state index is -0.401. The van der Waals surface area contributed by atoms with Crippen molar-refractivity contribution in [3.63, 3.8) is 0 Å². The SMILES string of the molecule is CC1CCCCCC1NC(=O)c1cccc(F)c1Br. The highest BCUT2D eigenvalue weighted by Crippen LogP contribution is 2.25. The molecule has 0 radical (unpaired) electrons. The second-order valence-electron chi connectivity index (χ2n) is 5.30. The molecule has 1 fully saturated rings. The van der Waals surface area contributed by atoms with Crippen LogP contribution in [0, 0.1) is 11.7 Å². The molecule has 1 aromatic rings. The van der Waals surface area contributed by atoms with E-state index in [4.69, 9.17) is 0 Å². The molecule has 1 aromatic carbocycles. The lowest BCUT2D eigenvalue weighted by Gasteiger charge is -2.23. The van der Waals surface area contributed by atoms with Gasteiger partial charge >= 0.3 is 0 Å². The third-order valence-electron chi connectivity index (χ3n) is 3.87. The van der Waals surface area contributed by atoms with Crippen molar-refractivity contribution in [1.82, 2.24) is 5.32 Å². The summed E-state index contributed by atoms with van der Waals surface area (Å²) < 4.78 is 13.7. The summed E-state index contributed by atoms with van der Waals surface area (Å²) in [5.74, 6) is -0.106. The van der Waals surface area contributed by atoms with Gasteiger partial charge in [0.25, 0.3) is 5.91 Å². The molecule has 2 atom stereocenters.